The van der Waals surface area contributed by atoms with Gasteiger partial charge in [0.1, 0.15) is 11.6 Å². The standard InChI is InChI=1S/C25H26F3N3O2/c1-5-16-13-19(10-12-21(16)33-23(27)28)25(22(32)31(4)24(29)30-25)18-9-11-20(26)17(14-18)8-6-7-15(2)3/h9-15,23H,5,7H2,1-4H3,(H2,29,30). The summed E-state index contributed by atoms with van der Waals surface area (Å²) in [6.07, 6.45) is 0.970. The number of ether oxygens (including phenoxy) is 1. The van der Waals surface area contributed by atoms with Crippen molar-refractivity contribution in [1.82, 2.24) is 4.90 Å². The highest BCUT2D eigenvalue weighted by molar-refractivity contribution is 6.09. The van der Waals surface area contributed by atoms with E-state index in [-0.39, 0.29) is 17.3 Å². The number of halogens is 3. The Hall–Kier alpha value is -3.47. The third-order valence-electron chi connectivity index (χ3n) is 5.43. The number of hydrogen-bond acceptors (Lipinski definition) is 4. The van der Waals surface area contributed by atoms with Crippen molar-refractivity contribution in [3.05, 3.63) is 64.5 Å². The van der Waals surface area contributed by atoms with Crippen molar-refractivity contribution in [3.63, 3.8) is 0 Å². The first-order chi connectivity index (χ1) is 15.6. The zero-order valence-electron chi connectivity index (χ0n) is 19.0. The average molecular weight is 457 g/mol. The van der Waals surface area contributed by atoms with Crippen molar-refractivity contribution in [1.29, 1.82) is 0 Å². The highest BCUT2D eigenvalue weighted by atomic mass is 19.3. The summed E-state index contributed by atoms with van der Waals surface area (Å²) in [5.74, 6) is 5.15. The van der Waals surface area contributed by atoms with E-state index >= 15 is 0 Å². The first-order valence-corrected chi connectivity index (χ1v) is 10.6. The number of likely N-dealkylation sites (N-methyl/N-ethyl adjacent to an activating group) is 1. The van der Waals surface area contributed by atoms with Crippen molar-refractivity contribution in [2.45, 2.75) is 45.8 Å². The molecule has 0 radical (unpaired) electrons. The number of aliphatic imine (C=N–C) groups is 1. The molecule has 2 N–H and O–H groups in total. The SMILES string of the molecule is CCc1cc(C2(c3ccc(F)c(C#CCC(C)C)c3)N=C(N)N(C)C2=O)ccc1OC(F)F. The Bertz CT molecular complexity index is 1150. The van der Waals surface area contributed by atoms with Gasteiger partial charge < -0.3 is 10.5 Å². The molecule has 174 valence electrons. The van der Waals surface area contributed by atoms with Crippen molar-refractivity contribution in [2.24, 2.45) is 16.6 Å². The molecule has 3 rings (SSSR count). The predicted octanol–water partition coefficient (Wildman–Crippen LogP) is 4.42. The van der Waals surface area contributed by atoms with Crippen LogP contribution in [-0.4, -0.2) is 30.4 Å². The fraction of sp³-hybridized carbons (Fsp3) is 0.360. The summed E-state index contributed by atoms with van der Waals surface area (Å²) in [5.41, 5.74) is 5.79. The van der Waals surface area contributed by atoms with Crippen LogP contribution in [0.4, 0.5) is 13.2 Å². The molecule has 33 heavy (non-hydrogen) atoms. The van der Waals surface area contributed by atoms with Gasteiger partial charge in [-0.15, -0.1) is 0 Å². The van der Waals surface area contributed by atoms with Crippen LogP contribution in [0.25, 0.3) is 0 Å². The van der Waals surface area contributed by atoms with Crippen LogP contribution in [0.5, 0.6) is 5.75 Å². The first-order valence-electron chi connectivity index (χ1n) is 10.6. The lowest BCUT2D eigenvalue weighted by atomic mass is 9.81. The number of amides is 1. The summed E-state index contributed by atoms with van der Waals surface area (Å²) < 4.78 is 44.7. The highest BCUT2D eigenvalue weighted by Gasteiger charge is 2.50. The third-order valence-corrected chi connectivity index (χ3v) is 5.43. The first kappa shape index (κ1) is 24.2. The lowest BCUT2D eigenvalue weighted by molar-refractivity contribution is -0.129. The van der Waals surface area contributed by atoms with Crippen LogP contribution in [-0.2, 0) is 16.8 Å². The quantitative estimate of drug-likeness (QED) is 0.653. The predicted molar refractivity (Wildman–Crippen MR) is 120 cm³/mol. The minimum atomic E-state index is -2.98. The molecular weight excluding hydrogens is 431 g/mol. The molecule has 0 spiro atoms. The average Bonchev–Trinajstić information content (AvgIpc) is 2.99. The Kier molecular flexibility index (Phi) is 7.01. The number of hydrogen-bond donors (Lipinski definition) is 1. The molecule has 0 saturated carbocycles. The van der Waals surface area contributed by atoms with Crippen molar-refractivity contribution in [2.75, 3.05) is 7.05 Å². The van der Waals surface area contributed by atoms with Crippen LogP contribution in [0.15, 0.2) is 41.4 Å². The van der Waals surface area contributed by atoms with Crippen LogP contribution >= 0.6 is 0 Å². The van der Waals surface area contributed by atoms with E-state index in [4.69, 9.17) is 5.73 Å². The van der Waals surface area contributed by atoms with E-state index in [1.165, 1.54) is 42.3 Å². The fourth-order valence-corrected chi connectivity index (χ4v) is 3.67. The molecule has 0 aliphatic carbocycles. The largest absolute Gasteiger partial charge is 0.435 e. The van der Waals surface area contributed by atoms with Gasteiger partial charge in [0.05, 0.1) is 5.56 Å². The van der Waals surface area contributed by atoms with Gasteiger partial charge in [0.15, 0.2) is 11.5 Å². The van der Waals surface area contributed by atoms with Gasteiger partial charge >= 0.3 is 6.61 Å². The number of carbonyl (C=O) groups excluding carboxylic acids is 1. The molecule has 0 bridgehead atoms. The molecule has 2 aromatic carbocycles. The molecule has 1 heterocycles. The minimum Gasteiger partial charge on any atom is -0.435 e. The van der Waals surface area contributed by atoms with Gasteiger partial charge in [-0.2, -0.15) is 8.78 Å². The van der Waals surface area contributed by atoms with Gasteiger partial charge in [-0.1, -0.05) is 44.7 Å². The van der Waals surface area contributed by atoms with E-state index in [0.29, 0.717) is 35.4 Å². The number of guanidine groups is 1. The van der Waals surface area contributed by atoms with E-state index in [0.717, 1.165) is 0 Å². The van der Waals surface area contributed by atoms with Crippen molar-refractivity contribution in [3.8, 4) is 17.6 Å². The van der Waals surface area contributed by atoms with E-state index in [1.807, 2.05) is 13.8 Å². The molecule has 1 aliphatic rings. The van der Waals surface area contributed by atoms with Gasteiger partial charge in [-0.25, -0.2) is 9.38 Å². The molecular formula is C25H26F3N3O2. The van der Waals surface area contributed by atoms with E-state index in [2.05, 4.69) is 21.6 Å². The zero-order valence-corrected chi connectivity index (χ0v) is 19.0. The summed E-state index contributed by atoms with van der Waals surface area (Å²) in [4.78, 5) is 19.1. The smallest absolute Gasteiger partial charge is 0.387 e. The number of aryl methyl sites for hydroxylation is 1. The molecule has 8 heteroatoms. The van der Waals surface area contributed by atoms with Gasteiger partial charge in [0.2, 0.25) is 0 Å². The van der Waals surface area contributed by atoms with Crippen LogP contribution in [0, 0.1) is 23.6 Å². The Morgan fingerprint density at radius 1 is 1.18 bits per heavy atom. The van der Waals surface area contributed by atoms with Crippen LogP contribution in [0.2, 0.25) is 0 Å². The van der Waals surface area contributed by atoms with Crippen LogP contribution < -0.4 is 10.5 Å². The second-order valence-electron chi connectivity index (χ2n) is 8.19. The van der Waals surface area contributed by atoms with E-state index < -0.39 is 23.9 Å². The molecule has 1 aliphatic heterocycles. The third kappa shape index (κ3) is 4.68. The van der Waals surface area contributed by atoms with E-state index in [9.17, 15) is 18.0 Å². The maximum absolute atomic E-state index is 14.5. The monoisotopic (exact) mass is 457 g/mol. The van der Waals surface area contributed by atoms with Crippen LogP contribution in [0.1, 0.15) is 49.4 Å². The van der Waals surface area contributed by atoms with Gasteiger partial charge in [0.25, 0.3) is 5.91 Å². The Morgan fingerprint density at radius 3 is 2.42 bits per heavy atom. The number of alkyl halides is 2. The van der Waals surface area contributed by atoms with Crippen molar-refractivity contribution < 1.29 is 22.7 Å². The fourth-order valence-electron chi connectivity index (χ4n) is 3.67. The summed E-state index contributed by atoms with van der Waals surface area (Å²) in [6, 6.07) is 8.67. The number of nitrogens with zero attached hydrogens (tertiary/aromatic N) is 2. The summed E-state index contributed by atoms with van der Waals surface area (Å²) >= 11 is 0. The lowest BCUT2D eigenvalue weighted by Gasteiger charge is -2.27. The molecule has 1 amide bonds. The lowest BCUT2D eigenvalue weighted by Crippen LogP contribution is -2.41. The zero-order chi connectivity index (χ0) is 24.3. The number of carbonyl (C=O) groups is 1. The molecule has 2 aromatic rings. The number of benzene rings is 2. The number of nitrogens with two attached hydrogens (primary N) is 1. The van der Waals surface area contributed by atoms with Gasteiger partial charge in [0, 0.05) is 13.5 Å². The molecule has 0 aromatic heterocycles. The Labute approximate surface area is 191 Å². The molecule has 1 atom stereocenters. The van der Waals surface area contributed by atoms with E-state index in [1.54, 1.807) is 13.0 Å². The maximum Gasteiger partial charge on any atom is 0.387 e. The summed E-state index contributed by atoms with van der Waals surface area (Å²) in [5, 5.41) is 0. The van der Waals surface area contributed by atoms with Crippen LogP contribution in [0.3, 0.4) is 0 Å². The molecule has 0 fully saturated rings. The Morgan fingerprint density at radius 2 is 1.85 bits per heavy atom. The Balaban J connectivity index is 2.21. The number of rotatable bonds is 6. The molecule has 5 nitrogen and oxygen atoms in total. The molecule has 1 unspecified atom stereocenters. The maximum atomic E-state index is 14.5. The second-order valence-corrected chi connectivity index (χ2v) is 8.19. The summed E-state index contributed by atoms with van der Waals surface area (Å²) in [7, 11) is 1.49. The van der Waals surface area contributed by atoms with Gasteiger partial charge in [-0.3, -0.25) is 9.69 Å². The second kappa shape index (κ2) is 9.57. The van der Waals surface area contributed by atoms with Crippen molar-refractivity contribution >= 4 is 11.9 Å². The molecule has 0 saturated heterocycles. The normalized spacial score (nSPS) is 17.9. The summed E-state index contributed by atoms with van der Waals surface area (Å²) in [6.45, 7) is 2.82. The topological polar surface area (TPSA) is 67.9 Å². The van der Waals surface area contributed by atoms with Gasteiger partial charge in [-0.05, 0) is 53.3 Å². The highest BCUT2D eigenvalue weighted by Crippen LogP contribution is 2.41. The minimum absolute atomic E-state index is 0.0114.